The van der Waals surface area contributed by atoms with Gasteiger partial charge in [-0.2, -0.15) is 0 Å². The van der Waals surface area contributed by atoms with Crippen LogP contribution in [0.5, 0.6) is 11.5 Å². The molecule has 5 nitrogen and oxygen atoms in total. The van der Waals surface area contributed by atoms with Crippen molar-refractivity contribution < 1.29 is 14.3 Å². The van der Waals surface area contributed by atoms with E-state index >= 15 is 0 Å². The fourth-order valence-electron chi connectivity index (χ4n) is 3.17. The highest BCUT2D eigenvalue weighted by atomic mass is 35.5. The maximum Gasteiger partial charge on any atom is 0.251 e. The molecule has 1 saturated heterocycles. The third kappa shape index (κ3) is 3.72. The SMILES string of the molecule is COc1cc(C(=O)NC2CCN(C3CC3)CC2)cc(Cl)c1OC. The molecule has 0 spiro atoms. The van der Waals surface area contributed by atoms with Crippen LogP contribution in [0.3, 0.4) is 0 Å². The van der Waals surface area contributed by atoms with Gasteiger partial charge in [-0.15, -0.1) is 0 Å². The van der Waals surface area contributed by atoms with Crippen LogP contribution in [0.1, 0.15) is 36.0 Å². The van der Waals surface area contributed by atoms with E-state index in [1.54, 1.807) is 12.1 Å². The summed E-state index contributed by atoms with van der Waals surface area (Å²) in [6.45, 7) is 2.14. The number of amides is 1. The molecule has 0 atom stereocenters. The standard InChI is InChI=1S/C17H23ClN2O3/c1-22-15-10-11(9-14(18)16(15)23-2)17(21)19-12-5-7-20(8-6-12)13-3-4-13/h9-10,12-13H,3-8H2,1-2H3,(H,19,21). The molecule has 3 rings (SSSR count). The summed E-state index contributed by atoms with van der Waals surface area (Å²) in [6.07, 6.45) is 4.68. The number of rotatable bonds is 5. The van der Waals surface area contributed by atoms with E-state index < -0.39 is 0 Å². The molecule has 126 valence electrons. The van der Waals surface area contributed by atoms with E-state index in [4.69, 9.17) is 21.1 Å². The van der Waals surface area contributed by atoms with Gasteiger partial charge in [0.2, 0.25) is 0 Å². The van der Waals surface area contributed by atoms with Crippen molar-refractivity contribution in [3.63, 3.8) is 0 Å². The minimum absolute atomic E-state index is 0.113. The van der Waals surface area contributed by atoms with Gasteiger partial charge in [-0.05, 0) is 37.8 Å². The van der Waals surface area contributed by atoms with Crippen LogP contribution in [0, 0.1) is 0 Å². The number of nitrogens with zero attached hydrogens (tertiary/aromatic N) is 1. The zero-order valence-corrected chi connectivity index (χ0v) is 14.4. The third-order valence-corrected chi connectivity index (χ3v) is 4.90. The van der Waals surface area contributed by atoms with Gasteiger partial charge in [0.1, 0.15) is 0 Å². The largest absolute Gasteiger partial charge is 0.493 e. The van der Waals surface area contributed by atoms with E-state index in [1.807, 2.05) is 0 Å². The summed E-state index contributed by atoms with van der Waals surface area (Å²) in [5.41, 5.74) is 0.497. The first kappa shape index (κ1) is 16.4. The summed E-state index contributed by atoms with van der Waals surface area (Å²) in [5, 5.41) is 3.49. The maximum absolute atomic E-state index is 12.5. The van der Waals surface area contributed by atoms with Gasteiger partial charge in [-0.1, -0.05) is 11.6 Å². The van der Waals surface area contributed by atoms with Crippen molar-refractivity contribution in [2.75, 3.05) is 27.3 Å². The summed E-state index contributed by atoms with van der Waals surface area (Å²) in [4.78, 5) is 15.0. The predicted octanol–water partition coefficient (Wildman–Crippen LogP) is 2.71. The van der Waals surface area contributed by atoms with Crippen LogP contribution >= 0.6 is 11.6 Å². The predicted molar refractivity (Wildman–Crippen MR) is 89.6 cm³/mol. The number of methoxy groups -OCH3 is 2. The van der Waals surface area contributed by atoms with Crippen LogP contribution in [0.25, 0.3) is 0 Å². The fraction of sp³-hybridized carbons (Fsp3) is 0.588. The quantitative estimate of drug-likeness (QED) is 0.897. The molecule has 1 aliphatic heterocycles. The van der Waals surface area contributed by atoms with E-state index in [-0.39, 0.29) is 11.9 Å². The highest BCUT2D eigenvalue weighted by Crippen LogP contribution is 2.36. The lowest BCUT2D eigenvalue weighted by molar-refractivity contribution is 0.0908. The zero-order chi connectivity index (χ0) is 16.4. The molecule has 6 heteroatoms. The van der Waals surface area contributed by atoms with Crippen LogP contribution in [-0.4, -0.2) is 50.2 Å². The third-order valence-electron chi connectivity index (χ3n) is 4.62. The zero-order valence-electron chi connectivity index (χ0n) is 13.6. The molecule has 0 radical (unpaired) electrons. The molecule has 1 heterocycles. The Labute approximate surface area is 141 Å². The van der Waals surface area contributed by atoms with E-state index in [1.165, 1.54) is 27.1 Å². The molecule has 0 unspecified atom stereocenters. The summed E-state index contributed by atoms with van der Waals surface area (Å²) >= 11 is 6.17. The Kier molecular flexibility index (Phi) is 4.97. The summed E-state index contributed by atoms with van der Waals surface area (Å²) in [6, 6.07) is 4.32. The van der Waals surface area contributed by atoms with Crippen molar-refractivity contribution in [3.05, 3.63) is 22.7 Å². The van der Waals surface area contributed by atoms with Crippen molar-refractivity contribution in [2.45, 2.75) is 37.8 Å². The number of benzene rings is 1. The van der Waals surface area contributed by atoms with Gasteiger partial charge < -0.3 is 19.7 Å². The number of likely N-dealkylation sites (tertiary alicyclic amines) is 1. The highest BCUT2D eigenvalue weighted by Gasteiger charge is 2.32. The topological polar surface area (TPSA) is 50.8 Å². The van der Waals surface area contributed by atoms with Gasteiger partial charge in [0.05, 0.1) is 19.2 Å². The van der Waals surface area contributed by atoms with Gasteiger partial charge in [0, 0.05) is 30.7 Å². The molecule has 23 heavy (non-hydrogen) atoms. The van der Waals surface area contributed by atoms with Crippen molar-refractivity contribution in [1.29, 1.82) is 0 Å². The number of hydrogen-bond acceptors (Lipinski definition) is 4. The lowest BCUT2D eigenvalue weighted by atomic mass is 10.0. The van der Waals surface area contributed by atoms with Gasteiger partial charge in [-0.25, -0.2) is 0 Å². The molecule has 2 fully saturated rings. The summed E-state index contributed by atoms with van der Waals surface area (Å²) in [7, 11) is 3.06. The molecular formula is C17H23ClN2O3. The van der Waals surface area contributed by atoms with Crippen LogP contribution in [-0.2, 0) is 0 Å². The number of ether oxygens (including phenoxy) is 2. The van der Waals surface area contributed by atoms with Crippen molar-refractivity contribution in [2.24, 2.45) is 0 Å². The smallest absolute Gasteiger partial charge is 0.251 e. The lowest BCUT2D eigenvalue weighted by Crippen LogP contribution is -2.45. The molecule has 1 amide bonds. The Balaban J connectivity index is 1.63. The van der Waals surface area contributed by atoms with Crippen LogP contribution in [0.15, 0.2) is 12.1 Å². The summed E-state index contributed by atoms with van der Waals surface area (Å²) < 4.78 is 10.4. The van der Waals surface area contributed by atoms with Crippen LogP contribution in [0.2, 0.25) is 5.02 Å². The minimum atomic E-state index is -0.113. The van der Waals surface area contributed by atoms with Gasteiger partial charge in [0.25, 0.3) is 5.91 Å². The Morgan fingerprint density at radius 2 is 1.87 bits per heavy atom. The average Bonchev–Trinajstić information content (AvgIpc) is 3.39. The molecule has 0 bridgehead atoms. The second-order valence-corrected chi connectivity index (χ2v) is 6.62. The second-order valence-electron chi connectivity index (χ2n) is 6.21. The minimum Gasteiger partial charge on any atom is -0.493 e. The molecule has 1 aliphatic carbocycles. The first-order valence-electron chi connectivity index (χ1n) is 8.08. The van der Waals surface area contributed by atoms with Crippen LogP contribution < -0.4 is 14.8 Å². The highest BCUT2D eigenvalue weighted by molar-refractivity contribution is 6.32. The Hall–Kier alpha value is -1.46. The number of piperidine rings is 1. The molecule has 2 aliphatic rings. The Bertz CT molecular complexity index is 581. The van der Waals surface area contributed by atoms with Crippen molar-refractivity contribution >= 4 is 17.5 Å². The van der Waals surface area contributed by atoms with Gasteiger partial charge >= 0.3 is 0 Å². The normalized spacial score (nSPS) is 19.4. The maximum atomic E-state index is 12.5. The van der Waals surface area contributed by atoms with Crippen molar-refractivity contribution in [3.8, 4) is 11.5 Å². The number of carbonyl (C=O) groups excluding carboxylic acids is 1. The molecule has 0 aromatic heterocycles. The van der Waals surface area contributed by atoms with E-state index in [2.05, 4.69) is 10.2 Å². The monoisotopic (exact) mass is 338 g/mol. The van der Waals surface area contributed by atoms with E-state index in [0.29, 0.717) is 22.1 Å². The van der Waals surface area contributed by atoms with Crippen LogP contribution in [0.4, 0.5) is 0 Å². The molecular weight excluding hydrogens is 316 g/mol. The Morgan fingerprint density at radius 3 is 2.43 bits per heavy atom. The molecule has 1 N–H and O–H groups in total. The number of carbonyl (C=O) groups is 1. The van der Waals surface area contributed by atoms with E-state index in [9.17, 15) is 4.79 Å². The number of hydrogen-bond donors (Lipinski definition) is 1. The van der Waals surface area contributed by atoms with Gasteiger partial charge in [0.15, 0.2) is 11.5 Å². The molecule has 1 aromatic rings. The number of halogens is 1. The summed E-state index contributed by atoms with van der Waals surface area (Å²) in [5.74, 6) is 0.801. The van der Waals surface area contributed by atoms with E-state index in [0.717, 1.165) is 32.0 Å². The Morgan fingerprint density at radius 1 is 1.17 bits per heavy atom. The van der Waals surface area contributed by atoms with Crippen molar-refractivity contribution in [1.82, 2.24) is 10.2 Å². The first-order chi connectivity index (χ1) is 11.1. The first-order valence-corrected chi connectivity index (χ1v) is 8.46. The lowest BCUT2D eigenvalue weighted by Gasteiger charge is -2.32. The second kappa shape index (κ2) is 6.97. The average molecular weight is 339 g/mol. The molecule has 1 aromatic carbocycles. The number of nitrogens with one attached hydrogen (secondary N) is 1. The molecule has 1 saturated carbocycles. The fourth-order valence-corrected chi connectivity index (χ4v) is 3.45. The van der Waals surface area contributed by atoms with Gasteiger partial charge in [-0.3, -0.25) is 4.79 Å².